The number of benzene rings is 3. The molecule has 2 atom stereocenters. The van der Waals surface area contributed by atoms with Crippen molar-refractivity contribution < 1.29 is 13.9 Å². The van der Waals surface area contributed by atoms with Gasteiger partial charge in [0.15, 0.2) is 0 Å². The second-order valence-corrected chi connectivity index (χ2v) is 6.09. The van der Waals surface area contributed by atoms with Gasteiger partial charge in [0.05, 0.1) is 13.2 Å². The molecule has 4 rings (SSSR count). The first-order chi connectivity index (χ1) is 11.7. The maximum Gasteiger partial charge on any atom is 0.139 e. The average Bonchev–Trinajstić information content (AvgIpc) is 2.61. The predicted molar refractivity (Wildman–Crippen MR) is 91.9 cm³/mol. The molecule has 2 N–H and O–H groups in total. The van der Waals surface area contributed by atoms with Gasteiger partial charge in [-0.15, -0.1) is 0 Å². The molecule has 0 amide bonds. The lowest BCUT2D eigenvalue weighted by molar-refractivity contribution is 0.154. The fraction of sp³-hybridized carbons (Fsp3) is 0.200. The Kier molecular flexibility index (Phi) is 3.62. The summed E-state index contributed by atoms with van der Waals surface area (Å²) in [6, 6.07) is 16.1. The monoisotopic (exact) mass is 323 g/mol. The van der Waals surface area contributed by atoms with E-state index in [-0.39, 0.29) is 18.0 Å². The minimum Gasteiger partial charge on any atom is -0.497 e. The van der Waals surface area contributed by atoms with Gasteiger partial charge >= 0.3 is 0 Å². The Morgan fingerprint density at radius 2 is 1.83 bits per heavy atom. The Balaban J connectivity index is 1.77. The Labute approximate surface area is 139 Å². The van der Waals surface area contributed by atoms with Gasteiger partial charge in [0.1, 0.15) is 23.4 Å². The average molecular weight is 323 g/mol. The smallest absolute Gasteiger partial charge is 0.139 e. The van der Waals surface area contributed by atoms with Crippen LogP contribution in [0, 0.1) is 5.82 Å². The molecule has 1 heterocycles. The number of fused-ring (bicyclic) bond motifs is 3. The molecular weight excluding hydrogens is 305 g/mol. The van der Waals surface area contributed by atoms with Gasteiger partial charge in [0.25, 0.3) is 0 Å². The van der Waals surface area contributed by atoms with Crippen LogP contribution in [0.5, 0.6) is 11.5 Å². The van der Waals surface area contributed by atoms with Crippen molar-refractivity contribution in [3.8, 4) is 11.5 Å². The van der Waals surface area contributed by atoms with Gasteiger partial charge in [-0.1, -0.05) is 24.3 Å². The lowest BCUT2D eigenvalue weighted by Crippen LogP contribution is -2.37. The summed E-state index contributed by atoms with van der Waals surface area (Å²) in [7, 11) is 1.66. The van der Waals surface area contributed by atoms with Gasteiger partial charge in [0.2, 0.25) is 0 Å². The molecule has 0 saturated heterocycles. The highest BCUT2D eigenvalue weighted by Gasteiger charge is 2.29. The first-order valence-corrected chi connectivity index (χ1v) is 7.93. The lowest BCUT2D eigenvalue weighted by Gasteiger charge is -2.32. The van der Waals surface area contributed by atoms with Crippen molar-refractivity contribution in [3.05, 3.63) is 71.5 Å². The molecule has 0 radical (unpaired) electrons. The minimum absolute atomic E-state index is 0.195. The molecular formula is C20H18FNO2. The standard InChI is InChI=1S/C20H18FNO2/c1-23-15-8-4-12-5-9-19-17(16(12)10-15)11-18(22)20(24-19)13-2-6-14(21)7-3-13/h2-10,18,20H,11,22H2,1H3. The van der Waals surface area contributed by atoms with Crippen LogP contribution in [0.4, 0.5) is 4.39 Å². The van der Waals surface area contributed by atoms with E-state index in [0.29, 0.717) is 6.42 Å². The SMILES string of the molecule is COc1ccc2ccc3c(c2c1)CC(N)C(c1ccc(F)cc1)O3. The molecule has 24 heavy (non-hydrogen) atoms. The van der Waals surface area contributed by atoms with Crippen molar-refractivity contribution in [1.29, 1.82) is 0 Å². The van der Waals surface area contributed by atoms with Crippen LogP contribution in [-0.2, 0) is 6.42 Å². The highest BCUT2D eigenvalue weighted by Crippen LogP contribution is 2.39. The number of ether oxygens (including phenoxy) is 2. The molecule has 0 fully saturated rings. The van der Waals surface area contributed by atoms with Crippen molar-refractivity contribution in [2.24, 2.45) is 5.73 Å². The fourth-order valence-corrected chi connectivity index (χ4v) is 3.32. The second-order valence-electron chi connectivity index (χ2n) is 6.09. The molecule has 122 valence electrons. The highest BCUT2D eigenvalue weighted by atomic mass is 19.1. The molecule has 3 aromatic carbocycles. The molecule has 3 aromatic rings. The second kappa shape index (κ2) is 5.80. The number of nitrogens with two attached hydrogens (primary N) is 1. The summed E-state index contributed by atoms with van der Waals surface area (Å²) < 4.78 is 24.6. The molecule has 1 aliphatic heterocycles. The van der Waals surface area contributed by atoms with Crippen LogP contribution in [0.3, 0.4) is 0 Å². The van der Waals surface area contributed by atoms with E-state index in [4.69, 9.17) is 15.2 Å². The van der Waals surface area contributed by atoms with Gasteiger partial charge < -0.3 is 15.2 Å². The quantitative estimate of drug-likeness (QED) is 0.775. The van der Waals surface area contributed by atoms with E-state index in [0.717, 1.165) is 33.4 Å². The minimum atomic E-state index is -0.277. The number of rotatable bonds is 2. The molecule has 1 aliphatic rings. The summed E-state index contributed by atoms with van der Waals surface area (Å²) >= 11 is 0. The Morgan fingerprint density at radius 1 is 1.08 bits per heavy atom. The van der Waals surface area contributed by atoms with E-state index in [1.54, 1.807) is 19.2 Å². The zero-order chi connectivity index (χ0) is 16.7. The van der Waals surface area contributed by atoms with E-state index in [2.05, 4.69) is 0 Å². The summed E-state index contributed by atoms with van der Waals surface area (Å²) in [5.74, 6) is 1.37. The molecule has 0 aromatic heterocycles. The Hall–Kier alpha value is -2.59. The largest absolute Gasteiger partial charge is 0.497 e. The van der Waals surface area contributed by atoms with Crippen molar-refractivity contribution in [3.63, 3.8) is 0 Å². The first kappa shape index (κ1) is 15.0. The maximum atomic E-state index is 13.2. The van der Waals surface area contributed by atoms with Gasteiger partial charge in [-0.3, -0.25) is 0 Å². The molecule has 4 heteroatoms. The van der Waals surface area contributed by atoms with Crippen molar-refractivity contribution in [2.75, 3.05) is 7.11 Å². The van der Waals surface area contributed by atoms with E-state index < -0.39 is 0 Å². The van der Waals surface area contributed by atoms with Gasteiger partial charge in [0, 0.05) is 5.56 Å². The Morgan fingerprint density at radius 3 is 2.58 bits per heavy atom. The highest BCUT2D eigenvalue weighted by molar-refractivity contribution is 5.89. The van der Waals surface area contributed by atoms with Gasteiger partial charge in [-0.25, -0.2) is 4.39 Å². The normalized spacial score (nSPS) is 19.6. The van der Waals surface area contributed by atoms with E-state index in [9.17, 15) is 4.39 Å². The topological polar surface area (TPSA) is 44.5 Å². The van der Waals surface area contributed by atoms with E-state index >= 15 is 0 Å². The van der Waals surface area contributed by atoms with Crippen LogP contribution < -0.4 is 15.2 Å². The summed E-state index contributed by atoms with van der Waals surface area (Å²) in [5, 5.41) is 2.23. The summed E-state index contributed by atoms with van der Waals surface area (Å²) in [5.41, 5.74) is 8.36. The van der Waals surface area contributed by atoms with Gasteiger partial charge in [-0.2, -0.15) is 0 Å². The maximum absolute atomic E-state index is 13.2. The molecule has 0 bridgehead atoms. The van der Waals surface area contributed by atoms with Crippen LogP contribution >= 0.6 is 0 Å². The molecule has 0 saturated carbocycles. The van der Waals surface area contributed by atoms with E-state index in [1.807, 2.05) is 30.3 Å². The number of hydrogen-bond acceptors (Lipinski definition) is 3. The van der Waals surface area contributed by atoms with Crippen molar-refractivity contribution in [2.45, 2.75) is 18.6 Å². The summed E-state index contributed by atoms with van der Waals surface area (Å²) in [6.07, 6.45) is 0.420. The zero-order valence-electron chi connectivity index (χ0n) is 13.3. The number of hydrogen-bond donors (Lipinski definition) is 1. The molecule has 2 unspecified atom stereocenters. The third-order valence-corrected chi connectivity index (χ3v) is 4.58. The summed E-state index contributed by atoms with van der Waals surface area (Å²) in [6.45, 7) is 0. The van der Waals surface area contributed by atoms with Crippen LogP contribution in [0.25, 0.3) is 10.8 Å². The number of methoxy groups -OCH3 is 1. The van der Waals surface area contributed by atoms with Crippen LogP contribution in [0.2, 0.25) is 0 Å². The molecule has 3 nitrogen and oxygen atoms in total. The third kappa shape index (κ3) is 2.49. The van der Waals surface area contributed by atoms with Crippen LogP contribution in [0.15, 0.2) is 54.6 Å². The fourth-order valence-electron chi connectivity index (χ4n) is 3.32. The first-order valence-electron chi connectivity index (χ1n) is 7.93. The van der Waals surface area contributed by atoms with Crippen LogP contribution in [-0.4, -0.2) is 13.2 Å². The number of halogens is 1. The molecule has 0 aliphatic carbocycles. The van der Waals surface area contributed by atoms with Crippen molar-refractivity contribution in [1.82, 2.24) is 0 Å². The summed E-state index contributed by atoms with van der Waals surface area (Å²) in [4.78, 5) is 0. The predicted octanol–water partition coefficient (Wildman–Crippen LogP) is 3.99. The van der Waals surface area contributed by atoms with Gasteiger partial charge in [-0.05, 0) is 53.1 Å². The van der Waals surface area contributed by atoms with Crippen molar-refractivity contribution >= 4 is 10.8 Å². The Bertz CT molecular complexity index is 892. The molecule has 0 spiro atoms. The zero-order valence-corrected chi connectivity index (χ0v) is 13.3. The van der Waals surface area contributed by atoms with Crippen LogP contribution in [0.1, 0.15) is 17.2 Å². The third-order valence-electron chi connectivity index (χ3n) is 4.58. The van der Waals surface area contributed by atoms with E-state index in [1.165, 1.54) is 12.1 Å². The lowest BCUT2D eigenvalue weighted by atomic mass is 9.90.